The van der Waals surface area contributed by atoms with Crippen LogP contribution in [0.15, 0.2) is 23.4 Å². The first-order valence-electron chi connectivity index (χ1n) is 6.55. The summed E-state index contributed by atoms with van der Waals surface area (Å²) >= 11 is 5.75. The van der Waals surface area contributed by atoms with E-state index < -0.39 is 0 Å². The number of ether oxygens (including phenoxy) is 1. The second-order valence-corrected chi connectivity index (χ2v) is 4.89. The first kappa shape index (κ1) is 17.5. The lowest BCUT2D eigenvalue weighted by Gasteiger charge is -2.26. The molecule has 0 saturated carbocycles. The van der Waals surface area contributed by atoms with Crippen LogP contribution in [-0.2, 0) is 14.4 Å². The normalized spacial score (nSPS) is 11.4. The highest BCUT2D eigenvalue weighted by Crippen LogP contribution is 2.25. The molecule has 116 valence electrons. The number of hydrogen-bond acceptors (Lipinski definition) is 4. The van der Waals surface area contributed by atoms with Crippen molar-refractivity contribution in [1.82, 2.24) is 0 Å². The average Bonchev–Trinajstić information content (AvgIpc) is 2.45. The zero-order valence-electron chi connectivity index (χ0n) is 12.9. The molecule has 0 unspecified atom stereocenters. The third-order valence-corrected chi connectivity index (χ3v) is 3.23. The predicted octanol–water partition coefficient (Wildman–Crippen LogP) is 2.52. The SMILES string of the molecule is COCC(CN(C(=O)CCl)c1c(C)cccc1C)=NOC. The summed E-state index contributed by atoms with van der Waals surface area (Å²) in [4.78, 5) is 18.6. The third kappa shape index (κ3) is 4.72. The second-order valence-electron chi connectivity index (χ2n) is 4.63. The number of halogens is 1. The quantitative estimate of drug-likeness (QED) is 0.441. The summed E-state index contributed by atoms with van der Waals surface area (Å²) in [6.07, 6.45) is 0. The van der Waals surface area contributed by atoms with Crippen LogP contribution in [0, 0.1) is 13.8 Å². The molecule has 0 aliphatic heterocycles. The molecular formula is C15H21ClN2O3. The fourth-order valence-corrected chi connectivity index (χ4v) is 2.32. The molecule has 0 fully saturated rings. The van der Waals surface area contributed by atoms with E-state index in [1.807, 2.05) is 32.0 Å². The molecule has 1 amide bonds. The van der Waals surface area contributed by atoms with Crippen molar-refractivity contribution in [3.63, 3.8) is 0 Å². The largest absolute Gasteiger partial charge is 0.399 e. The first-order valence-corrected chi connectivity index (χ1v) is 7.09. The van der Waals surface area contributed by atoms with E-state index in [2.05, 4.69) is 5.16 Å². The van der Waals surface area contributed by atoms with E-state index in [0.717, 1.165) is 16.8 Å². The number of hydrogen-bond donors (Lipinski definition) is 0. The molecule has 0 atom stereocenters. The number of para-hydroxylation sites is 1. The first-order chi connectivity index (χ1) is 10.0. The summed E-state index contributed by atoms with van der Waals surface area (Å²) in [6.45, 7) is 4.48. The van der Waals surface area contributed by atoms with Crippen molar-refractivity contribution >= 4 is 28.9 Å². The number of aryl methyl sites for hydroxylation is 2. The molecule has 5 nitrogen and oxygen atoms in total. The molecule has 0 aromatic heterocycles. The number of nitrogens with zero attached hydrogens (tertiary/aromatic N) is 2. The highest BCUT2D eigenvalue weighted by atomic mass is 35.5. The molecule has 6 heteroatoms. The Bertz CT molecular complexity index is 497. The Morgan fingerprint density at radius 1 is 1.29 bits per heavy atom. The molecular weight excluding hydrogens is 292 g/mol. The van der Waals surface area contributed by atoms with Crippen LogP contribution < -0.4 is 4.90 Å². The maximum Gasteiger partial charge on any atom is 0.242 e. The lowest BCUT2D eigenvalue weighted by atomic mass is 10.1. The molecule has 0 bridgehead atoms. The van der Waals surface area contributed by atoms with Crippen molar-refractivity contribution in [2.45, 2.75) is 13.8 Å². The topological polar surface area (TPSA) is 51.1 Å². The molecule has 21 heavy (non-hydrogen) atoms. The molecule has 1 aromatic carbocycles. The van der Waals surface area contributed by atoms with Crippen LogP contribution in [0.4, 0.5) is 5.69 Å². The lowest BCUT2D eigenvalue weighted by molar-refractivity contribution is -0.116. The lowest BCUT2D eigenvalue weighted by Crippen LogP contribution is -2.39. The number of alkyl halides is 1. The van der Waals surface area contributed by atoms with Crippen molar-refractivity contribution in [3.05, 3.63) is 29.3 Å². The van der Waals surface area contributed by atoms with Gasteiger partial charge in [-0.2, -0.15) is 0 Å². The van der Waals surface area contributed by atoms with Gasteiger partial charge in [0.2, 0.25) is 5.91 Å². The van der Waals surface area contributed by atoms with Gasteiger partial charge in [-0.3, -0.25) is 4.79 Å². The van der Waals surface area contributed by atoms with E-state index >= 15 is 0 Å². The second kappa shape index (κ2) is 8.64. The fraction of sp³-hybridized carbons (Fsp3) is 0.467. The Morgan fingerprint density at radius 3 is 2.38 bits per heavy atom. The Hall–Kier alpha value is -1.59. The number of benzene rings is 1. The van der Waals surface area contributed by atoms with Gasteiger partial charge in [0, 0.05) is 12.8 Å². The molecule has 0 aliphatic carbocycles. The average molecular weight is 313 g/mol. The Balaban J connectivity index is 3.18. The number of amides is 1. The molecule has 1 aromatic rings. The summed E-state index contributed by atoms with van der Waals surface area (Å²) < 4.78 is 5.09. The van der Waals surface area contributed by atoms with Crippen molar-refractivity contribution in [3.8, 4) is 0 Å². The van der Waals surface area contributed by atoms with Crippen molar-refractivity contribution in [1.29, 1.82) is 0 Å². The van der Waals surface area contributed by atoms with Crippen LogP contribution in [0.25, 0.3) is 0 Å². The van der Waals surface area contributed by atoms with Gasteiger partial charge in [-0.25, -0.2) is 0 Å². The van der Waals surface area contributed by atoms with Crippen LogP contribution in [0.3, 0.4) is 0 Å². The number of oxime groups is 1. The number of carbonyl (C=O) groups is 1. The highest BCUT2D eigenvalue weighted by Gasteiger charge is 2.21. The zero-order valence-corrected chi connectivity index (χ0v) is 13.6. The van der Waals surface area contributed by atoms with Crippen LogP contribution in [0.2, 0.25) is 0 Å². The smallest absolute Gasteiger partial charge is 0.242 e. The maximum absolute atomic E-state index is 12.2. The van der Waals surface area contributed by atoms with Gasteiger partial charge in [0.1, 0.15) is 18.7 Å². The van der Waals surface area contributed by atoms with Gasteiger partial charge < -0.3 is 14.5 Å². The zero-order chi connectivity index (χ0) is 15.8. The van der Waals surface area contributed by atoms with Crippen LogP contribution >= 0.6 is 11.6 Å². The van der Waals surface area contributed by atoms with E-state index in [0.29, 0.717) is 5.71 Å². The number of methoxy groups -OCH3 is 1. The van der Waals surface area contributed by atoms with Gasteiger partial charge in [0.15, 0.2) is 0 Å². The van der Waals surface area contributed by atoms with Gasteiger partial charge in [-0.15, -0.1) is 11.6 Å². The Morgan fingerprint density at radius 2 is 1.90 bits per heavy atom. The third-order valence-electron chi connectivity index (χ3n) is 3.00. The van der Waals surface area contributed by atoms with Crippen molar-refractivity contribution in [2.75, 3.05) is 38.2 Å². The van der Waals surface area contributed by atoms with Gasteiger partial charge in [0.25, 0.3) is 0 Å². The van der Waals surface area contributed by atoms with E-state index in [9.17, 15) is 4.79 Å². The van der Waals surface area contributed by atoms with E-state index in [-0.39, 0.29) is 24.9 Å². The summed E-state index contributed by atoms with van der Waals surface area (Å²) in [5.41, 5.74) is 3.47. The van der Waals surface area contributed by atoms with Crippen molar-refractivity contribution < 1.29 is 14.4 Å². The molecule has 0 aliphatic rings. The molecule has 0 N–H and O–H groups in total. The Labute approximate surface area is 130 Å². The minimum atomic E-state index is -0.186. The molecule has 0 radical (unpaired) electrons. The number of rotatable bonds is 7. The monoisotopic (exact) mass is 312 g/mol. The van der Waals surface area contributed by atoms with Gasteiger partial charge in [-0.05, 0) is 25.0 Å². The minimum absolute atomic E-state index is 0.0962. The molecule has 0 saturated heterocycles. The number of carbonyl (C=O) groups excluding carboxylic acids is 1. The summed E-state index contributed by atoms with van der Waals surface area (Å²) in [6, 6.07) is 5.87. The minimum Gasteiger partial charge on any atom is -0.399 e. The highest BCUT2D eigenvalue weighted by molar-refractivity contribution is 6.29. The molecule has 1 rings (SSSR count). The van der Waals surface area contributed by atoms with Gasteiger partial charge >= 0.3 is 0 Å². The predicted molar refractivity (Wildman–Crippen MR) is 85.3 cm³/mol. The van der Waals surface area contributed by atoms with Crippen molar-refractivity contribution in [2.24, 2.45) is 5.16 Å². The molecule has 0 heterocycles. The number of anilines is 1. The molecule has 0 spiro atoms. The van der Waals surface area contributed by atoms with Gasteiger partial charge in [-0.1, -0.05) is 23.4 Å². The van der Waals surface area contributed by atoms with Gasteiger partial charge in [0.05, 0.1) is 13.2 Å². The maximum atomic E-state index is 12.2. The summed E-state index contributed by atoms with van der Waals surface area (Å²) in [7, 11) is 3.03. The summed E-state index contributed by atoms with van der Waals surface area (Å²) in [5, 5.41) is 3.91. The Kier molecular flexibility index (Phi) is 7.19. The van der Waals surface area contributed by atoms with E-state index in [1.54, 1.807) is 12.0 Å². The fourth-order valence-electron chi connectivity index (χ4n) is 2.17. The van der Waals surface area contributed by atoms with E-state index in [4.69, 9.17) is 21.2 Å². The van der Waals surface area contributed by atoms with Crippen LogP contribution in [-0.4, -0.2) is 44.9 Å². The van der Waals surface area contributed by atoms with E-state index in [1.165, 1.54) is 7.11 Å². The standard InChI is InChI=1S/C15H21ClN2O3/c1-11-6-5-7-12(2)15(11)18(14(19)8-16)9-13(10-20-3)17-21-4/h5-7H,8-10H2,1-4H3. The van der Waals surface area contributed by atoms with Crippen LogP contribution in [0.5, 0.6) is 0 Å². The summed E-state index contributed by atoms with van der Waals surface area (Å²) in [5.74, 6) is -0.282. The van der Waals surface area contributed by atoms with Crippen LogP contribution in [0.1, 0.15) is 11.1 Å².